The van der Waals surface area contributed by atoms with Crippen molar-refractivity contribution >= 4 is 22.7 Å². The molecule has 5 nitrogen and oxygen atoms in total. The lowest BCUT2D eigenvalue weighted by Gasteiger charge is -2.47. The van der Waals surface area contributed by atoms with Crippen LogP contribution >= 0.6 is 0 Å². The first kappa shape index (κ1) is 17.4. The number of carbonyl (C=O) groups is 2. The van der Waals surface area contributed by atoms with E-state index in [4.69, 9.17) is 9.47 Å². The first-order valence-corrected chi connectivity index (χ1v) is 8.26. The van der Waals surface area contributed by atoms with Crippen LogP contribution in [0.1, 0.15) is 30.9 Å². The van der Waals surface area contributed by atoms with Crippen LogP contribution in [0, 0.1) is 5.41 Å². The predicted molar refractivity (Wildman–Crippen MR) is 92.9 cm³/mol. The molecular formula is C20H22O5. The van der Waals surface area contributed by atoms with Crippen LogP contribution in [0.3, 0.4) is 0 Å². The van der Waals surface area contributed by atoms with E-state index in [9.17, 15) is 14.7 Å². The molecule has 132 valence electrons. The summed E-state index contributed by atoms with van der Waals surface area (Å²) < 4.78 is 9.73. The third kappa shape index (κ3) is 2.50. The third-order valence-electron chi connectivity index (χ3n) is 5.54. The highest BCUT2D eigenvalue weighted by molar-refractivity contribution is 5.89. The van der Waals surface area contributed by atoms with Gasteiger partial charge < -0.3 is 14.6 Å². The fourth-order valence-corrected chi connectivity index (χ4v) is 3.94. The van der Waals surface area contributed by atoms with E-state index in [0.717, 1.165) is 16.3 Å². The molecule has 25 heavy (non-hydrogen) atoms. The Morgan fingerprint density at radius 3 is 2.52 bits per heavy atom. The van der Waals surface area contributed by atoms with Crippen LogP contribution in [0.2, 0.25) is 0 Å². The number of carbonyl (C=O) groups excluding carboxylic acids is 2. The molecule has 2 aromatic carbocycles. The highest BCUT2D eigenvalue weighted by Crippen LogP contribution is 2.52. The molecule has 0 heterocycles. The van der Waals surface area contributed by atoms with E-state index < -0.39 is 23.0 Å². The van der Waals surface area contributed by atoms with Gasteiger partial charge >= 0.3 is 11.9 Å². The zero-order valence-corrected chi connectivity index (χ0v) is 14.7. The van der Waals surface area contributed by atoms with Gasteiger partial charge in [-0.15, -0.1) is 0 Å². The molecule has 0 bridgehead atoms. The van der Waals surface area contributed by atoms with E-state index in [-0.39, 0.29) is 6.42 Å². The quantitative estimate of drug-likeness (QED) is 0.868. The van der Waals surface area contributed by atoms with Crippen molar-refractivity contribution in [3.05, 3.63) is 47.5 Å². The maximum atomic E-state index is 12.5. The molecule has 0 spiro atoms. The molecule has 3 rings (SSSR count). The smallest absolute Gasteiger partial charge is 0.314 e. The Morgan fingerprint density at radius 1 is 1.12 bits per heavy atom. The second kappa shape index (κ2) is 6.15. The molecule has 0 aromatic heterocycles. The van der Waals surface area contributed by atoms with Crippen LogP contribution in [0.15, 0.2) is 36.4 Å². The van der Waals surface area contributed by atoms with Gasteiger partial charge in [-0.05, 0) is 41.7 Å². The first-order valence-electron chi connectivity index (χ1n) is 8.26. The zero-order chi connectivity index (χ0) is 18.2. The van der Waals surface area contributed by atoms with Gasteiger partial charge in [0.1, 0.15) is 5.60 Å². The lowest BCUT2D eigenvalue weighted by atomic mass is 9.60. The fraction of sp³-hybridized carbons (Fsp3) is 0.400. The van der Waals surface area contributed by atoms with Gasteiger partial charge in [-0.2, -0.15) is 0 Å². The number of ether oxygens (including phenoxy) is 2. The van der Waals surface area contributed by atoms with Crippen molar-refractivity contribution in [3.8, 4) is 0 Å². The highest BCUT2D eigenvalue weighted by atomic mass is 16.5. The number of aryl methyl sites for hydroxylation is 1. The van der Waals surface area contributed by atoms with Gasteiger partial charge in [0.05, 0.1) is 26.1 Å². The second-order valence-electron chi connectivity index (χ2n) is 6.75. The normalized spacial score (nSPS) is 25.3. The number of benzene rings is 2. The Bertz CT molecular complexity index is 843. The molecule has 0 aliphatic heterocycles. The van der Waals surface area contributed by atoms with Crippen LogP contribution in [-0.2, 0) is 31.1 Å². The Morgan fingerprint density at radius 2 is 1.84 bits per heavy atom. The van der Waals surface area contributed by atoms with Gasteiger partial charge in [0, 0.05) is 0 Å². The number of hydrogen-bond acceptors (Lipinski definition) is 5. The van der Waals surface area contributed by atoms with Gasteiger partial charge in [0.25, 0.3) is 0 Å². The average molecular weight is 342 g/mol. The topological polar surface area (TPSA) is 72.8 Å². The summed E-state index contributed by atoms with van der Waals surface area (Å²) in [4.78, 5) is 24.5. The Balaban J connectivity index is 2.26. The Labute approximate surface area is 146 Å². The molecule has 2 aromatic rings. The lowest BCUT2D eigenvalue weighted by Crippen LogP contribution is -2.53. The summed E-state index contributed by atoms with van der Waals surface area (Å²) in [6.45, 7) is 1.65. The standard InChI is InChI=1S/C20H22O5/c1-19(18(22)25-3)11-10-15-14-7-5-4-6-13(14)8-9-16(15)20(19,23)12-17(21)24-2/h4-9,23H,10-12H2,1-3H3/t19-,20+/m1/s1. The summed E-state index contributed by atoms with van der Waals surface area (Å²) in [7, 11) is 2.56. The van der Waals surface area contributed by atoms with Crippen molar-refractivity contribution < 1.29 is 24.2 Å². The third-order valence-corrected chi connectivity index (χ3v) is 5.54. The minimum atomic E-state index is -1.69. The molecule has 0 unspecified atom stereocenters. The lowest BCUT2D eigenvalue weighted by molar-refractivity contribution is -0.181. The van der Waals surface area contributed by atoms with Crippen LogP contribution in [-0.4, -0.2) is 31.3 Å². The second-order valence-corrected chi connectivity index (χ2v) is 6.75. The van der Waals surface area contributed by atoms with E-state index in [1.54, 1.807) is 13.0 Å². The fourth-order valence-electron chi connectivity index (χ4n) is 3.94. The largest absolute Gasteiger partial charge is 0.469 e. The molecule has 0 saturated heterocycles. The molecule has 0 fully saturated rings. The monoisotopic (exact) mass is 342 g/mol. The molecule has 0 radical (unpaired) electrons. The number of methoxy groups -OCH3 is 2. The van der Waals surface area contributed by atoms with Gasteiger partial charge in [-0.3, -0.25) is 9.59 Å². The van der Waals surface area contributed by atoms with E-state index in [0.29, 0.717) is 18.4 Å². The van der Waals surface area contributed by atoms with Crippen LogP contribution in [0.25, 0.3) is 10.8 Å². The molecule has 1 aliphatic carbocycles. The van der Waals surface area contributed by atoms with Gasteiger partial charge in [-0.1, -0.05) is 36.4 Å². The number of hydrogen-bond donors (Lipinski definition) is 1. The number of fused-ring (bicyclic) bond motifs is 3. The van der Waals surface area contributed by atoms with E-state index in [1.165, 1.54) is 14.2 Å². The van der Waals surface area contributed by atoms with Crippen molar-refractivity contribution in [1.29, 1.82) is 0 Å². The van der Waals surface area contributed by atoms with E-state index in [1.807, 2.05) is 30.3 Å². The van der Waals surface area contributed by atoms with Crippen molar-refractivity contribution in [2.45, 2.75) is 31.8 Å². The van der Waals surface area contributed by atoms with Gasteiger partial charge in [-0.25, -0.2) is 0 Å². The SMILES string of the molecule is COC(=O)C[C@]1(O)c2ccc3ccccc3c2CC[C@]1(C)C(=O)OC. The minimum absolute atomic E-state index is 0.305. The molecule has 2 atom stereocenters. The van der Waals surface area contributed by atoms with Crippen molar-refractivity contribution in [3.63, 3.8) is 0 Å². The zero-order valence-electron chi connectivity index (χ0n) is 14.7. The van der Waals surface area contributed by atoms with Crippen molar-refractivity contribution in [2.24, 2.45) is 5.41 Å². The van der Waals surface area contributed by atoms with Gasteiger partial charge in [0.2, 0.25) is 0 Å². The van der Waals surface area contributed by atoms with E-state index in [2.05, 4.69) is 0 Å². The highest BCUT2D eigenvalue weighted by Gasteiger charge is 2.58. The summed E-state index contributed by atoms with van der Waals surface area (Å²) in [5.74, 6) is -1.10. The van der Waals surface area contributed by atoms with Crippen molar-refractivity contribution in [2.75, 3.05) is 14.2 Å². The predicted octanol–water partition coefficient (Wildman–Crippen LogP) is 2.72. The maximum Gasteiger partial charge on any atom is 0.314 e. The molecule has 1 aliphatic rings. The van der Waals surface area contributed by atoms with Crippen LogP contribution in [0.4, 0.5) is 0 Å². The van der Waals surface area contributed by atoms with E-state index >= 15 is 0 Å². The minimum Gasteiger partial charge on any atom is -0.469 e. The molecule has 1 N–H and O–H groups in total. The molecule has 5 heteroatoms. The number of esters is 2. The molecule has 0 amide bonds. The van der Waals surface area contributed by atoms with Crippen LogP contribution in [0.5, 0.6) is 0 Å². The Kier molecular flexibility index (Phi) is 4.29. The van der Waals surface area contributed by atoms with Crippen molar-refractivity contribution in [1.82, 2.24) is 0 Å². The Hall–Kier alpha value is -2.40. The first-order chi connectivity index (χ1) is 11.9. The van der Waals surface area contributed by atoms with Gasteiger partial charge in [0.15, 0.2) is 0 Å². The molecule has 0 saturated carbocycles. The summed E-state index contributed by atoms with van der Waals surface area (Å²) in [6, 6.07) is 11.6. The maximum absolute atomic E-state index is 12.5. The summed E-state index contributed by atoms with van der Waals surface area (Å²) in [5.41, 5.74) is -1.36. The number of rotatable bonds is 3. The van der Waals surface area contributed by atoms with Crippen LogP contribution < -0.4 is 0 Å². The molecular weight excluding hydrogens is 320 g/mol. The summed E-state index contributed by atoms with van der Waals surface area (Å²) in [6.07, 6.45) is 0.695. The number of aliphatic hydroxyl groups is 1. The summed E-state index contributed by atoms with van der Waals surface area (Å²) in [5, 5.41) is 13.7. The average Bonchev–Trinajstić information content (AvgIpc) is 2.63. The summed E-state index contributed by atoms with van der Waals surface area (Å²) >= 11 is 0.